The molecule has 1 unspecified atom stereocenters. The summed E-state index contributed by atoms with van der Waals surface area (Å²) >= 11 is 0. The van der Waals surface area contributed by atoms with Crippen molar-refractivity contribution in [2.45, 2.75) is 31.8 Å². The number of aryl methyl sites for hydroxylation is 1. The summed E-state index contributed by atoms with van der Waals surface area (Å²) in [7, 11) is 0. The number of aromatic amines is 1. The van der Waals surface area contributed by atoms with Gasteiger partial charge in [0.2, 0.25) is 0 Å². The minimum atomic E-state index is -0.429. The van der Waals surface area contributed by atoms with Crippen LogP contribution in [0.25, 0.3) is 0 Å². The number of ether oxygens (including phenoxy) is 2. The maximum absolute atomic E-state index is 11.6. The SMILES string of the molecule is Cc1cn(C2C[C@H]3OC[C@H]3O2)c(=O)[nH]c1=O. The monoisotopic (exact) mass is 224 g/mol. The van der Waals surface area contributed by atoms with E-state index in [1.165, 1.54) is 10.8 Å². The molecule has 0 spiro atoms. The number of nitrogens with one attached hydrogen (secondary N) is 1. The second-order valence-electron chi connectivity index (χ2n) is 4.22. The minimum absolute atomic E-state index is 0.101. The van der Waals surface area contributed by atoms with E-state index in [9.17, 15) is 9.59 Å². The van der Waals surface area contributed by atoms with Gasteiger partial charge in [0.25, 0.3) is 5.56 Å². The van der Waals surface area contributed by atoms with Crippen molar-refractivity contribution in [3.05, 3.63) is 32.6 Å². The van der Waals surface area contributed by atoms with E-state index in [-0.39, 0.29) is 24.0 Å². The van der Waals surface area contributed by atoms with E-state index in [0.717, 1.165) is 0 Å². The number of aromatic nitrogens is 2. The Kier molecular flexibility index (Phi) is 2.02. The molecule has 2 aliphatic rings. The van der Waals surface area contributed by atoms with Crippen molar-refractivity contribution >= 4 is 0 Å². The summed E-state index contributed by atoms with van der Waals surface area (Å²) in [6, 6.07) is 0. The predicted octanol–water partition coefficient (Wildman–Crippen LogP) is -0.469. The van der Waals surface area contributed by atoms with E-state index in [1.807, 2.05) is 0 Å². The van der Waals surface area contributed by atoms with Crippen molar-refractivity contribution in [2.24, 2.45) is 0 Å². The highest BCUT2D eigenvalue weighted by Crippen LogP contribution is 2.35. The van der Waals surface area contributed by atoms with Crippen LogP contribution in [0.1, 0.15) is 18.2 Å². The lowest BCUT2D eigenvalue weighted by atomic mass is 10.1. The fourth-order valence-corrected chi connectivity index (χ4v) is 2.09. The fraction of sp³-hybridized carbons (Fsp3) is 0.600. The van der Waals surface area contributed by atoms with Gasteiger partial charge in [0, 0.05) is 18.2 Å². The maximum atomic E-state index is 11.6. The van der Waals surface area contributed by atoms with Gasteiger partial charge in [-0.2, -0.15) is 0 Å². The molecule has 16 heavy (non-hydrogen) atoms. The van der Waals surface area contributed by atoms with E-state index in [4.69, 9.17) is 9.47 Å². The topological polar surface area (TPSA) is 73.3 Å². The van der Waals surface area contributed by atoms with Crippen LogP contribution in [-0.2, 0) is 9.47 Å². The van der Waals surface area contributed by atoms with Crippen LogP contribution in [-0.4, -0.2) is 28.4 Å². The molecule has 0 saturated carbocycles. The molecule has 0 radical (unpaired) electrons. The van der Waals surface area contributed by atoms with Gasteiger partial charge in [0.15, 0.2) is 0 Å². The molecular weight excluding hydrogens is 212 g/mol. The first-order chi connectivity index (χ1) is 7.65. The highest BCUT2D eigenvalue weighted by atomic mass is 16.6. The summed E-state index contributed by atoms with van der Waals surface area (Å²) in [5.41, 5.74) is -0.274. The molecule has 1 aromatic rings. The van der Waals surface area contributed by atoms with Gasteiger partial charge in [-0.15, -0.1) is 0 Å². The van der Waals surface area contributed by atoms with Crippen LogP contribution in [0.4, 0.5) is 0 Å². The zero-order valence-electron chi connectivity index (χ0n) is 8.80. The third kappa shape index (κ3) is 1.34. The Morgan fingerprint density at radius 2 is 2.25 bits per heavy atom. The average Bonchev–Trinajstić information content (AvgIpc) is 2.49. The van der Waals surface area contributed by atoms with Crippen molar-refractivity contribution in [2.75, 3.05) is 6.61 Å². The first-order valence-corrected chi connectivity index (χ1v) is 5.24. The summed E-state index contributed by atoms with van der Waals surface area (Å²) < 4.78 is 12.4. The van der Waals surface area contributed by atoms with Crippen LogP contribution in [0, 0.1) is 6.92 Å². The Hall–Kier alpha value is -1.40. The summed E-state index contributed by atoms with van der Waals surface area (Å²) in [4.78, 5) is 25.1. The number of hydrogen-bond donors (Lipinski definition) is 1. The van der Waals surface area contributed by atoms with Gasteiger partial charge in [-0.3, -0.25) is 14.3 Å². The summed E-state index contributed by atoms with van der Waals surface area (Å²) in [6.45, 7) is 2.26. The van der Waals surface area contributed by atoms with Crippen LogP contribution in [0.15, 0.2) is 15.8 Å². The maximum Gasteiger partial charge on any atom is 0.330 e. The molecule has 1 aromatic heterocycles. The van der Waals surface area contributed by atoms with Gasteiger partial charge in [-0.25, -0.2) is 4.79 Å². The highest BCUT2D eigenvalue weighted by Gasteiger charge is 2.44. The largest absolute Gasteiger partial charge is 0.372 e. The molecule has 0 aromatic carbocycles. The Balaban J connectivity index is 1.97. The van der Waals surface area contributed by atoms with Gasteiger partial charge < -0.3 is 9.47 Å². The Labute approximate surface area is 90.8 Å². The third-order valence-corrected chi connectivity index (χ3v) is 3.11. The Bertz CT molecular complexity index is 520. The molecule has 0 bridgehead atoms. The van der Waals surface area contributed by atoms with Crippen LogP contribution in [0.2, 0.25) is 0 Å². The Morgan fingerprint density at radius 3 is 2.81 bits per heavy atom. The molecule has 0 amide bonds. The molecule has 2 aliphatic heterocycles. The van der Waals surface area contributed by atoms with E-state index in [1.54, 1.807) is 6.92 Å². The van der Waals surface area contributed by atoms with Crippen LogP contribution < -0.4 is 11.2 Å². The molecule has 3 heterocycles. The Morgan fingerprint density at radius 1 is 1.44 bits per heavy atom. The minimum Gasteiger partial charge on any atom is -0.372 e. The lowest BCUT2D eigenvalue weighted by Crippen LogP contribution is -2.40. The van der Waals surface area contributed by atoms with Crippen LogP contribution in [0.3, 0.4) is 0 Å². The zero-order chi connectivity index (χ0) is 11.3. The smallest absolute Gasteiger partial charge is 0.330 e. The molecule has 86 valence electrons. The summed E-state index contributed by atoms with van der Waals surface area (Å²) in [5.74, 6) is 0. The fourth-order valence-electron chi connectivity index (χ4n) is 2.09. The number of rotatable bonds is 1. The van der Waals surface area contributed by atoms with Gasteiger partial charge in [0.1, 0.15) is 12.3 Å². The molecule has 0 aliphatic carbocycles. The van der Waals surface area contributed by atoms with Crippen LogP contribution >= 0.6 is 0 Å². The standard InChI is InChI=1S/C10H12N2O4/c1-5-3-12(10(14)11-9(5)13)8-2-6-7(16-8)4-15-6/h3,6-8H,2,4H2,1H3,(H,11,13,14)/t6-,7-,8?/m1/s1. The second-order valence-corrected chi connectivity index (χ2v) is 4.22. The van der Waals surface area contributed by atoms with Crippen molar-refractivity contribution in [1.82, 2.24) is 9.55 Å². The van der Waals surface area contributed by atoms with Gasteiger partial charge in [-0.05, 0) is 6.92 Å². The molecule has 3 rings (SSSR count). The van der Waals surface area contributed by atoms with Gasteiger partial charge >= 0.3 is 5.69 Å². The normalized spacial score (nSPS) is 32.2. The predicted molar refractivity (Wildman–Crippen MR) is 54.3 cm³/mol. The van der Waals surface area contributed by atoms with E-state index < -0.39 is 5.69 Å². The average molecular weight is 224 g/mol. The first-order valence-electron chi connectivity index (χ1n) is 5.24. The number of H-pyrrole nitrogens is 1. The van der Waals surface area contributed by atoms with E-state index in [0.29, 0.717) is 18.6 Å². The van der Waals surface area contributed by atoms with Crippen LogP contribution in [0.5, 0.6) is 0 Å². The quantitative estimate of drug-likeness (QED) is 0.700. The van der Waals surface area contributed by atoms with Gasteiger partial charge in [0.05, 0.1) is 12.7 Å². The van der Waals surface area contributed by atoms with E-state index >= 15 is 0 Å². The molecule has 6 heteroatoms. The van der Waals surface area contributed by atoms with Crippen molar-refractivity contribution in [1.29, 1.82) is 0 Å². The number of fused-ring (bicyclic) bond motifs is 1. The van der Waals surface area contributed by atoms with Crippen molar-refractivity contribution in [3.8, 4) is 0 Å². The van der Waals surface area contributed by atoms with Crippen molar-refractivity contribution in [3.63, 3.8) is 0 Å². The molecule has 2 saturated heterocycles. The lowest BCUT2D eigenvalue weighted by molar-refractivity contribution is -0.149. The molecule has 6 nitrogen and oxygen atoms in total. The molecular formula is C10H12N2O4. The molecule has 2 fully saturated rings. The zero-order valence-corrected chi connectivity index (χ0v) is 8.80. The number of nitrogens with zero attached hydrogens (tertiary/aromatic N) is 1. The van der Waals surface area contributed by atoms with Gasteiger partial charge in [-0.1, -0.05) is 0 Å². The highest BCUT2D eigenvalue weighted by molar-refractivity contribution is 5.02. The molecule has 3 atom stereocenters. The summed E-state index contributed by atoms with van der Waals surface area (Å²) in [5, 5.41) is 0. The molecule has 1 N–H and O–H groups in total. The van der Waals surface area contributed by atoms with Crippen molar-refractivity contribution < 1.29 is 9.47 Å². The first kappa shape index (κ1) is 9.80. The second kappa shape index (κ2) is 3.29. The number of hydrogen-bond acceptors (Lipinski definition) is 4. The lowest BCUT2D eigenvalue weighted by Gasteiger charge is -2.28. The third-order valence-electron chi connectivity index (χ3n) is 3.11. The summed E-state index contributed by atoms with van der Waals surface area (Å²) in [6.07, 6.45) is 2.08. The van der Waals surface area contributed by atoms with E-state index in [2.05, 4.69) is 4.98 Å².